The van der Waals surface area contributed by atoms with E-state index in [-0.39, 0.29) is 0 Å². The fourth-order valence-corrected chi connectivity index (χ4v) is 5.64. The van der Waals surface area contributed by atoms with Gasteiger partial charge in [0.1, 0.15) is 12.2 Å². The van der Waals surface area contributed by atoms with Crippen LogP contribution < -0.4 is 0 Å². The quantitative estimate of drug-likeness (QED) is 0.723. The van der Waals surface area contributed by atoms with Gasteiger partial charge in [0.15, 0.2) is 0 Å². The van der Waals surface area contributed by atoms with Gasteiger partial charge in [-0.2, -0.15) is 0 Å². The predicted octanol–water partition coefficient (Wildman–Crippen LogP) is 5.64. The Morgan fingerprint density at radius 2 is 1.30 bits per heavy atom. The van der Waals surface area contributed by atoms with Crippen molar-refractivity contribution in [3.8, 4) is 0 Å². The Kier molecular flexibility index (Phi) is 5.01. The van der Waals surface area contributed by atoms with Crippen molar-refractivity contribution in [1.82, 2.24) is 14.8 Å². The summed E-state index contributed by atoms with van der Waals surface area (Å²) in [6, 6.07) is 0.685. The fourth-order valence-electron chi connectivity index (χ4n) is 5.64. The number of rotatable bonds is 3. The van der Waals surface area contributed by atoms with Crippen LogP contribution in [0.15, 0.2) is 6.33 Å². The zero-order chi connectivity index (χ0) is 15.5. The molecule has 1 aromatic heterocycles. The molecule has 128 valence electrons. The van der Waals surface area contributed by atoms with Gasteiger partial charge < -0.3 is 4.57 Å². The maximum Gasteiger partial charge on any atom is 0.136 e. The second-order valence-electron chi connectivity index (χ2n) is 8.40. The van der Waals surface area contributed by atoms with E-state index in [1.807, 2.05) is 6.33 Å². The predicted molar refractivity (Wildman–Crippen MR) is 93.4 cm³/mol. The maximum absolute atomic E-state index is 4.57. The van der Waals surface area contributed by atoms with Crippen molar-refractivity contribution in [2.45, 2.75) is 102 Å². The molecule has 3 aliphatic carbocycles. The van der Waals surface area contributed by atoms with Crippen molar-refractivity contribution >= 4 is 0 Å². The van der Waals surface area contributed by atoms with Gasteiger partial charge in [-0.1, -0.05) is 51.4 Å². The standard InChI is InChI=1S/C20H33N3/c1-3-7-16(8-4-1)17-11-13-18(14-12-17)20-22-21-15-23(20)19-9-5-2-6-10-19/h15-19H,1-14H2. The first-order chi connectivity index (χ1) is 11.4. The summed E-state index contributed by atoms with van der Waals surface area (Å²) < 4.78 is 2.46. The highest BCUT2D eigenvalue weighted by atomic mass is 15.3. The Morgan fingerprint density at radius 1 is 0.696 bits per heavy atom. The monoisotopic (exact) mass is 315 g/mol. The van der Waals surface area contributed by atoms with Gasteiger partial charge in [0.05, 0.1) is 0 Å². The summed E-state index contributed by atoms with van der Waals surface area (Å²) in [6.07, 6.45) is 21.9. The molecule has 0 aromatic carbocycles. The van der Waals surface area contributed by atoms with Crippen LogP contribution >= 0.6 is 0 Å². The van der Waals surface area contributed by atoms with Crippen LogP contribution in [0.1, 0.15) is 108 Å². The minimum absolute atomic E-state index is 0.680. The molecule has 0 N–H and O–H groups in total. The number of nitrogens with zero attached hydrogens (tertiary/aromatic N) is 3. The normalized spacial score (nSPS) is 31.3. The second kappa shape index (κ2) is 7.36. The number of hydrogen-bond donors (Lipinski definition) is 0. The van der Waals surface area contributed by atoms with Gasteiger partial charge in [-0.25, -0.2) is 0 Å². The van der Waals surface area contributed by atoms with Gasteiger partial charge in [-0.3, -0.25) is 0 Å². The van der Waals surface area contributed by atoms with Crippen LogP contribution in [0.2, 0.25) is 0 Å². The molecule has 3 fully saturated rings. The molecule has 0 radical (unpaired) electrons. The van der Waals surface area contributed by atoms with Crippen LogP contribution in [-0.2, 0) is 0 Å². The molecule has 0 bridgehead atoms. The number of hydrogen-bond acceptors (Lipinski definition) is 2. The topological polar surface area (TPSA) is 30.7 Å². The Bertz CT molecular complexity index is 475. The lowest BCUT2D eigenvalue weighted by Gasteiger charge is -2.36. The minimum atomic E-state index is 0.680. The molecule has 0 saturated heterocycles. The third-order valence-corrected chi connectivity index (χ3v) is 7.02. The summed E-state index contributed by atoms with van der Waals surface area (Å²) in [4.78, 5) is 0. The highest BCUT2D eigenvalue weighted by molar-refractivity contribution is 5.01. The van der Waals surface area contributed by atoms with Gasteiger partial charge in [-0.15, -0.1) is 10.2 Å². The van der Waals surface area contributed by atoms with E-state index in [4.69, 9.17) is 0 Å². The molecule has 3 heteroatoms. The highest BCUT2D eigenvalue weighted by Crippen LogP contribution is 2.43. The van der Waals surface area contributed by atoms with Crippen LogP contribution in [0, 0.1) is 11.8 Å². The molecule has 0 spiro atoms. The average molecular weight is 316 g/mol. The lowest BCUT2D eigenvalue weighted by atomic mass is 9.71. The lowest BCUT2D eigenvalue weighted by Crippen LogP contribution is -2.25. The van der Waals surface area contributed by atoms with Crippen LogP contribution in [0.25, 0.3) is 0 Å². The third-order valence-electron chi connectivity index (χ3n) is 7.02. The SMILES string of the molecule is c1nnc(C2CCC(C3CCCCC3)CC2)n1C1CCCCC1. The zero-order valence-electron chi connectivity index (χ0n) is 14.6. The van der Waals surface area contributed by atoms with Crippen molar-refractivity contribution in [2.24, 2.45) is 11.8 Å². The smallest absolute Gasteiger partial charge is 0.136 e. The molecule has 4 rings (SSSR count). The third kappa shape index (κ3) is 3.49. The Balaban J connectivity index is 1.37. The minimum Gasteiger partial charge on any atom is -0.314 e. The van der Waals surface area contributed by atoms with E-state index < -0.39 is 0 Å². The van der Waals surface area contributed by atoms with E-state index in [1.54, 1.807) is 0 Å². The first kappa shape index (κ1) is 15.7. The van der Waals surface area contributed by atoms with Crippen molar-refractivity contribution < 1.29 is 0 Å². The maximum atomic E-state index is 4.57. The van der Waals surface area contributed by atoms with Crippen LogP contribution in [0.4, 0.5) is 0 Å². The molecule has 3 aliphatic rings. The molecule has 0 aliphatic heterocycles. The van der Waals surface area contributed by atoms with Crippen LogP contribution in [-0.4, -0.2) is 14.8 Å². The van der Waals surface area contributed by atoms with Crippen molar-refractivity contribution in [1.29, 1.82) is 0 Å². The molecule has 1 aromatic rings. The Morgan fingerprint density at radius 3 is 2.00 bits per heavy atom. The largest absolute Gasteiger partial charge is 0.314 e. The Labute approximate surface area is 141 Å². The Hall–Kier alpha value is -0.860. The zero-order valence-corrected chi connectivity index (χ0v) is 14.6. The molecular formula is C20H33N3. The summed E-state index contributed by atoms with van der Waals surface area (Å²) in [5, 5.41) is 8.86. The van der Waals surface area contributed by atoms with E-state index in [0.29, 0.717) is 12.0 Å². The van der Waals surface area contributed by atoms with Gasteiger partial charge in [0.2, 0.25) is 0 Å². The van der Waals surface area contributed by atoms with E-state index >= 15 is 0 Å². The summed E-state index contributed by atoms with van der Waals surface area (Å²) in [7, 11) is 0. The van der Waals surface area contributed by atoms with Crippen molar-refractivity contribution in [3.63, 3.8) is 0 Å². The molecule has 0 amide bonds. The first-order valence-electron chi connectivity index (χ1n) is 10.3. The molecule has 3 nitrogen and oxygen atoms in total. The van der Waals surface area contributed by atoms with E-state index in [1.165, 1.54) is 95.7 Å². The molecule has 23 heavy (non-hydrogen) atoms. The van der Waals surface area contributed by atoms with Crippen molar-refractivity contribution in [2.75, 3.05) is 0 Å². The molecule has 3 saturated carbocycles. The summed E-state index contributed by atoms with van der Waals surface area (Å²) in [5.74, 6) is 4.05. The van der Waals surface area contributed by atoms with Gasteiger partial charge in [0, 0.05) is 12.0 Å². The van der Waals surface area contributed by atoms with Crippen molar-refractivity contribution in [3.05, 3.63) is 12.2 Å². The number of aromatic nitrogens is 3. The second-order valence-corrected chi connectivity index (χ2v) is 8.40. The summed E-state index contributed by atoms with van der Waals surface area (Å²) >= 11 is 0. The van der Waals surface area contributed by atoms with Crippen LogP contribution in [0.3, 0.4) is 0 Å². The van der Waals surface area contributed by atoms with Gasteiger partial charge >= 0.3 is 0 Å². The molecular weight excluding hydrogens is 282 g/mol. The van der Waals surface area contributed by atoms with E-state index in [2.05, 4.69) is 14.8 Å². The van der Waals surface area contributed by atoms with Gasteiger partial charge in [0.25, 0.3) is 0 Å². The van der Waals surface area contributed by atoms with Crippen LogP contribution in [0.5, 0.6) is 0 Å². The molecule has 0 atom stereocenters. The van der Waals surface area contributed by atoms with E-state index in [9.17, 15) is 0 Å². The lowest BCUT2D eigenvalue weighted by molar-refractivity contribution is 0.181. The average Bonchev–Trinajstić information content (AvgIpc) is 3.13. The summed E-state index contributed by atoms with van der Waals surface area (Å²) in [6.45, 7) is 0. The van der Waals surface area contributed by atoms with Gasteiger partial charge in [-0.05, 0) is 50.4 Å². The molecule has 1 heterocycles. The summed E-state index contributed by atoms with van der Waals surface area (Å²) in [5.41, 5.74) is 0. The highest BCUT2D eigenvalue weighted by Gasteiger charge is 2.31. The van der Waals surface area contributed by atoms with E-state index in [0.717, 1.165) is 11.8 Å². The first-order valence-corrected chi connectivity index (χ1v) is 10.3. The molecule has 0 unspecified atom stereocenters. The fraction of sp³-hybridized carbons (Fsp3) is 0.900.